The first-order valence-corrected chi connectivity index (χ1v) is 10.1. The number of aliphatic imine (C=N–C) groups is 1. The Morgan fingerprint density at radius 2 is 2.15 bits per heavy atom. The lowest BCUT2D eigenvalue weighted by Crippen LogP contribution is -2.50. The standard InChI is InChI=1S/C20H33ClN4O2/c1-16(27-19-7-4-6-17(21)14-19)15-23-20(22-2)24-18-8-11-25(12-9-18)10-5-13-26-3/h4,6-7,14,16,18H,5,8-13,15H2,1-3H3,(H2,22,23,24). The van der Waals surface area contributed by atoms with Crippen LogP contribution in [-0.2, 0) is 4.74 Å². The Kier molecular flexibility index (Phi) is 9.73. The third kappa shape index (κ3) is 8.37. The molecule has 0 bridgehead atoms. The van der Waals surface area contributed by atoms with E-state index in [9.17, 15) is 0 Å². The maximum absolute atomic E-state index is 6.00. The van der Waals surface area contributed by atoms with Crippen LogP contribution >= 0.6 is 11.6 Å². The highest BCUT2D eigenvalue weighted by Gasteiger charge is 2.19. The average molecular weight is 397 g/mol. The molecule has 1 heterocycles. The molecule has 1 unspecified atom stereocenters. The predicted molar refractivity (Wildman–Crippen MR) is 112 cm³/mol. The highest BCUT2D eigenvalue weighted by atomic mass is 35.5. The van der Waals surface area contributed by atoms with E-state index in [2.05, 4.69) is 20.5 Å². The van der Waals surface area contributed by atoms with Crippen LogP contribution in [0.2, 0.25) is 5.02 Å². The fourth-order valence-electron chi connectivity index (χ4n) is 3.18. The molecule has 0 spiro atoms. The Hall–Kier alpha value is -1.50. The third-order valence-electron chi connectivity index (χ3n) is 4.67. The molecule has 7 heteroatoms. The quantitative estimate of drug-likeness (QED) is 0.382. The van der Waals surface area contributed by atoms with Crippen LogP contribution in [0.4, 0.5) is 0 Å². The van der Waals surface area contributed by atoms with E-state index in [1.54, 1.807) is 14.2 Å². The Morgan fingerprint density at radius 1 is 1.37 bits per heavy atom. The summed E-state index contributed by atoms with van der Waals surface area (Å²) in [6.07, 6.45) is 3.36. The third-order valence-corrected chi connectivity index (χ3v) is 4.90. The minimum absolute atomic E-state index is 0.00430. The van der Waals surface area contributed by atoms with Crippen molar-refractivity contribution in [2.75, 3.05) is 46.9 Å². The van der Waals surface area contributed by atoms with Gasteiger partial charge in [-0.2, -0.15) is 0 Å². The zero-order valence-electron chi connectivity index (χ0n) is 16.7. The van der Waals surface area contributed by atoms with E-state index in [-0.39, 0.29) is 6.10 Å². The van der Waals surface area contributed by atoms with E-state index in [0.717, 1.165) is 57.2 Å². The highest BCUT2D eigenvalue weighted by Crippen LogP contribution is 2.18. The summed E-state index contributed by atoms with van der Waals surface area (Å²) in [5, 5.41) is 7.57. The normalized spacial score (nSPS) is 17.6. The summed E-state index contributed by atoms with van der Waals surface area (Å²) in [7, 11) is 3.56. The molecule has 0 amide bonds. The Labute approximate surface area is 168 Å². The molecule has 27 heavy (non-hydrogen) atoms. The first-order chi connectivity index (χ1) is 13.1. The van der Waals surface area contributed by atoms with Crippen LogP contribution in [0.15, 0.2) is 29.3 Å². The fourth-order valence-corrected chi connectivity index (χ4v) is 3.36. The number of rotatable bonds is 9. The van der Waals surface area contributed by atoms with Gasteiger partial charge in [-0.15, -0.1) is 0 Å². The van der Waals surface area contributed by atoms with Crippen LogP contribution in [0, 0.1) is 0 Å². The number of methoxy groups -OCH3 is 1. The molecule has 2 rings (SSSR count). The lowest BCUT2D eigenvalue weighted by Gasteiger charge is -2.33. The van der Waals surface area contributed by atoms with Gasteiger partial charge in [-0.25, -0.2) is 0 Å². The summed E-state index contributed by atoms with van der Waals surface area (Å²) in [4.78, 5) is 6.85. The van der Waals surface area contributed by atoms with Crippen LogP contribution in [0.1, 0.15) is 26.2 Å². The van der Waals surface area contributed by atoms with E-state index in [1.165, 1.54) is 0 Å². The summed E-state index contributed by atoms with van der Waals surface area (Å²) >= 11 is 6.00. The zero-order chi connectivity index (χ0) is 19.5. The van der Waals surface area contributed by atoms with Gasteiger partial charge < -0.3 is 25.0 Å². The number of nitrogens with one attached hydrogen (secondary N) is 2. The molecule has 1 aromatic rings. The molecular formula is C20H33ClN4O2. The predicted octanol–water partition coefficient (Wildman–Crippen LogP) is 2.77. The molecule has 1 aromatic carbocycles. The summed E-state index contributed by atoms with van der Waals surface area (Å²) in [6, 6.07) is 7.92. The lowest BCUT2D eigenvalue weighted by atomic mass is 10.1. The number of guanidine groups is 1. The van der Waals surface area contributed by atoms with Gasteiger partial charge in [-0.3, -0.25) is 4.99 Å². The fraction of sp³-hybridized carbons (Fsp3) is 0.650. The van der Waals surface area contributed by atoms with Crippen LogP contribution in [0.5, 0.6) is 5.75 Å². The summed E-state index contributed by atoms with van der Waals surface area (Å²) in [5.41, 5.74) is 0. The smallest absolute Gasteiger partial charge is 0.191 e. The summed E-state index contributed by atoms with van der Waals surface area (Å²) in [6.45, 7) is 6.89. The number of ether oxygens (including phenoxy) is 2. The van der Waals surface area contributed by atoms with Gasteiger partial charge in [0.05, 0.1) is 6.54 Å². The zero-order valence-corrected chi connectivity index (χ0v) is 17.5. The Balaban J connectivity index is 1.67. The van der Waals surface area contributed by atoms with E-state index < -0.39 is 0 Å². The molecule has 1 saturated heterocycles. The maximum Gasteiger partial charge on any atom is 0.191 e. The minimum atomic E-state index is 0.00430. The molecule has 6 nitrogen and oxygen atoms in total. The van der Waals surface area contributed by atoms with Gasteiger partial charge in [0.15, 0.2) is 5.96 Å². The molecule has 1 fully saturated rings. The van der Waals surface area contributed by atoms with Crippen molar-refractivity contribution in [2.45, 2.75) is 38.3 Å². The minimum Gasteiger partial charge on any atom is -0.489 e. The topological polar surface area (TPSA) is 58.1 Å². The van der Waals surface area contributed by atoms with Gasteiger partial charge in [0.25, 0.3) is 0 Å². The molecular weight excluding hydrogens is 364 g/mol. The van der Waals surface area contributed by atoms with Crippen molar-refractivity contribution in [1.82, 2.24) is 15.5 Å². The molecule has 0 aliphatic carbocycles. The molecule has 1 atom stereocenters. The molecule has 1 aliphatic heterocycles. The van der Waals surface area contributed by atoms with E-state index in [1.807, 2.05) is 31.2 Å². The van der Waals surface area contributed by atoms with Crippen LogP contribution in [0.25, 0.3) is 0 Å². The van der Waals surface area contributed by atoms with Gasteiger partial charge in [-0.05, 0) is 44.4 Å². The second kappa shape index (κ2) is 12.1. The molecule has 2 N–H and O–H groups in total. The number of likely N-dealkylation sites (tertiary alicyclic amines) is 1. The largest absolute Gasteiger partial charge is 0.489 e. The van der Waals surface area contributed by atoms with Crippen LogP contribution in [-0.4, -0.2) is 69.9 Å². The van der Waals surface area contributed by atoms with Crippen molar-refractivity contribution < 1.29 is 9.47 Å². The van der Waals surface area contributed by atoms with Crippen molar-refractivity contribution in [3.8, 4) is 5.75 Å². The second-order valence-corrected chi connectivity index (χ2v) is 7.38. The van der Waals surface area contributed by atoms with Gasteiger partial charge >= 0.3 is 0 Å². The molecule has 152 valence electrons. The van der Waals surface area contributed by atoms with Crippen LogP contribution in [0.3, 0.4) is 0 Å². The Morgan fingerprint density at radius 3 is 2.81 bits per heavy atom. The molecule has 0 aromatic heterocycles. The second-order valence-electron chi connectivity index (χ2n) is 6.95. The van der Waals surface area contributed by atoms with Crippen molar-refractivity contribution >= 4 is 17.6 Å². The van der Waals surface area contributed by atoms with Gasteiger partial charge in [0.2, 0.25) is 0 Å². The van der Waals surface area contributed by atoms with E-state index in [0.29, 0.717) is 17.6 Å². The lowest BCUT2D eigenvalue weighted by molar-refractivity contribution is 0.155. The van der Waals surface area contributed by atoms with E-state index >= 15 is 0 Å². The average Bonchev–Trinajstić information content (AvgIpc) is 2.66. The number of benzene rings is 1. The number of hydrogen-bond acceptors (Lipinski definition) is 4. The van der Waals surface area contributed by atoms with Crippen molar-refractivity contribution in [1.29, 1.82) is 0 Å². The Bertz CT molecular complexity index is 577. The van der Waals surface area contributed by atoms with Crippen molar-refractivity contribution in [3.05, 3.63) is 29.3 Å². The highest BCUT2D eigenvalue weighted by molar-refractivity contribution is 6.30. The molecule has 1 aliphatic rings. The monoisotopic (exact) mass is 396 g/mol. The molecule has 0 radical (unpaired) electrons. The summed E-state index contributed by atoms with van der Waals surface area (Å²) < 4.78 is 11.0. The maximum atomic E-state index is 6.00. The van der Waals surface area contributed by atoms with Gasteiger partial charge in [-0.1, -0.05) is 17.7 Å². The van der Waals surface area contributed by atoms with Crippen molar-refractivity contribution in [2.24, 2.45) is 4.99 Å². The van der Waals surface area contributed by atoms with Gasteiger partial charge in [0, 0.05) is 51.5 Å². The van der Waals surface area contributed by atoms with Crippen LogP contribution < -0.4 is 15.4 Å². The number of piperidine rings is 1. The summed E-state index contributed by atoms with van der Waals surface area (Å²) in [5.74, 6) is 1.61. The number of hydrogen-bond donors (Lipinski definition) is 2. The SMILES string of the molecule is CN=C(NCC(C)Oc1cccc(Cl)c1)NC1CCN(CCCOC)CC1. The van der Waals surface area contributed by atoms with Gasteiger partial charge in [0.1, 0.15) is 11.9 Å². The van der Waals surface area contributed by atoms with Crippen molar-refractivity contribution in [3.63, 3.8) is 0 Å². The molecule has 0 saturated carbocycles. The first kappa shape index (κ1) is 21.8. The number of nitrogens with zero attached hydrogens (tertiary/aromatic N) is 2. The van der Waals surface area contributed by atoms with E-state index in [4.69, 9.17) is 21.1 Å². The first-order valence-electron chi connectivity index (χ1n) is 9.71. The number of halogens is 1.